The Kier molecular flexibility index (Phi) is 5.17. The second-order valence-corrected chi connectivity index (χ2v) is 5.48. The number of ether oxygens (including phenoxy) is 1. The van der Waals surface area contributed by atoms with Crippen molar-refractivity contribution in [3.05, 3.63) is 69.7 Å². The van der Waals surface area contributed by atoms with Crippen molar-refractivity contribution in [1.29, 1.82) is 0 Å². The maximum Gasteiger partial charge on any atom is 0.328 e. The van der Waals surface area contributed by atoms with E-state index in [2.05, 4.69) is 15.9 Å². The van der Waals surface area contributed by atoms with Crippen LogP contribution in [0.5, 0.6) is 5.75 Å². The average molecular weight is 347 g/mol. The van der Waals surface area contributed by atoms with Crippen LogP contribution in [0.15, 0.2) is 53.0 Å². The Morgan fingerprint density at radius 1 is 1.24 bits per heavy atom. The molecule has 1 N–H and O–H groups in total. The highest BCUT2D eigenvalue weighted by Gasteiger charge is 2.01. The van der Waals surface area contributed by atoms with Gasteiger partial charge in [-0.3, -0.25) is 0 Å². The molecular weight excluding hydrogens is 332 g/mol. The zero-order valence-corrected chi connectivity index (χ0v) is 13.1. The van der Waals surface area contributed by atoms with Gasteiger partial charge in [0.2, 0.25) is 0 Å². The first kappa shape index (κ1) is 15.3. The van der Waals surface area contributed by atoms with Crippen molar-refractivity contribution in [2.75, 3.05) is 0 Å². The summed E-state index contributed by atoms with van der Waals surface area (Å²) in [5.74, 6) is -0.281. The van der Waals surface area contributed by atoms with Gasteiger partial charge in [0.15, 0.2) is 0 Å². The first-order valence-electron chi connectivity index (χ1n) is 6.43. The molecule has 0 aliphatic carbocycles. The fourth-order valence-corrected chi connectivity index (χ4v) is 2.13. The molecule has 2 aromatic carbocycles. The maximum atomic E-state index is 10.6. The van der Waals surface area contributed by atoms with E-state index in [-0.39, 0.29) is 0 Å². The Labute approximate surface area is 132 Å². The lowest BCUT2D eigenvalue weighted by molar-refractivity contribution is -0.131. The Hall–Kier alpha value is -2.07. The molecule has 3 nitrogen and oxygen atoms in total. The molecule has 2 aromatic rings. The van der Waals surface area contributed by atoms with Gasteiger partial charge < -0.3 is 9.84 Å². The van der Waals surface area contributed by atoms with Crippen LogP contribution in [0.1, 0.15) is 16.7 Å². The van der Waals surface area contributed by atoms with Gasteiger partial charge in [0.1, 0.15) is 12.4 Å². The van der Waals surface area contributed by atoms with Crippen LogP contribution in [0.2, 0.25) is 0 Å². The molecule has 0 amide bonds. The zero-order valence-electron chi connectivity index (χ0n) is 11.5. The summed E-state index contributed by atoms with van der Waals surface area (Å²) in [5.41, 5.74) is 3.06. The van der Waals surface area contributed by atoms with E-state index < -0.39 is 5.97 Å². The van der Waals surface area contributed by atoms with E-state index in [0.717, 1.165) is 21.7 Å². The smallest absolute Gasteiger partial charge is 0.328 e. The molecule has 0 unspecified atom stereocenters. The minimum absolute atomic E-state index is 0.476. The minimum Gasteiger partial charge on any atom is -0.489 e. The van der Waals surface area contributed by atoms with E-state index in [9.17, 15) is 4.79 Å². The number of aliphatic carboxylic acids is 1. The first-order chi connectivity index (χ1) is 10.0. The largest absolute Gasteiger partial charge is 0.489 e. The third kappa shape index (κ3) is 4.76. The second-order valence-electron chi connectivity index (χ2n) is 4.63. The number of rotatable bonds is 5. The van der Waals surface area contributed by atoms with Crippen LogP contribution in [-0.4, -0.2) is 11.1 Å². The molecule has 21 heavy (non-hydrogen) atoms. The molecule has 0 fully saturated rings. The van der Waals surface area contributed by atoms with Gasteiger partial charge in [-0.15, -0.1) is 0 Å². The summed E-state index contributed by atoms with van der Waals surface area (Å²) in [6.07, 6.45) is 2.63. The topological polar surface area (TPSA) is 46.5 Å². The number of carbonyl (C=O) groups is 1. The zero-order chi connectivity index (χ0) is 15.2. The highest BCUT2D eigenvalue weighted by Crippen LogP contribution is 2.24. The summed E-state index contributed by atoms with van der Waals surface area (Å²) in [5, 5.41) is 8.68. The van der Waals surface area contributed by atoms with E-state index in [4.69, 9.17) is 9.84 Å². The average Bonchev–Trinajstić information content (AvgIpc) is 2.46. The molecule has 108 valence electrons. The van der Waals surface area contributed by atoms with Crippen LogP contribution >= 0.6 is 15.9 Å². The molecule has 0 aliphatic heterocycles. The fraction of sp³-hybridized carbons (Fsp3) is 0.118. The van der Waals surface area contributed by atoms with Crippen LogP contribution in [0.3, 0.4) is 0 Å². The van der Waals surface area contributed by atoms with E-state index in [1.54, 1.807) is 6.07 Å². The van der Waals surface area contributed by atoms with Crippen LogP contribution in [-0.2, 0) is 11.4 Å². The maximum absolute atomic E-state index is 10.6. The van der Waals surface area contributed by atoms with Gasteiger partial charge in [-0.1, -0.05) is 45.8 Å². The van der Waals surface area contributed by atoms with Gasteiger partial charge in [0, 0.05) is 10.5 Å². The Bertz CT molecular complexity index is 660. The molecule has 0 bridgehead atoms. The van der Waals surface area contributed by atoms with E-state index >= 15 is 0 Å². The lowest BCUT2D eigenvalue weighted by Crippen LogP contribution is -1.96. The lowest BCUT2D eigenvalue weighted by atomic mass is 10.1. The van der Waals surface area contributed by atoms with Gasteiger partial charge in [0.25, 0.3) is 0 Å². The molecular formula is C17H15BrO3. The number of halogens is 1. The summed E-state index contributed by atoms with van der Waals surface area (Å²) >= 11 is 3.38. The highest BCUT2D eigenvalue weighted by atomic mass is 79.9. The van der Waals surface area contributed by atoms with Crippen molar-refractivity contribution in [2.45, 2.75) is 13.5 Å². The normalized spacial score (nSPS) is 10.8. The third-order valence-corrected chi connectivity index (χ3v) is 3.62. The molecule has 0 spiro atoms. The van der Waals surface area contributed by atoms with Crippen LogP contribution in [0.25, 0.3) is 6.08 Å². The number of aryl methyl sites for hydroxylation is 1. The van der Waals surface area contributed by atoms with Crippen LogP contribution in [0.4, 0.5) is 0 Å². The van der Waals surface area contributed by atoms with E-state index in [0.29, 0.717) is 12.4 Å². The number of benzene rings is 2. The predicted octanol–water partition coefficient (Wildman–Crippen LogP) is 4.43. The van der Waals surface area contributed by atoms with Gasteiger partial charge in [0.05, 0.1) is 0 Å². The number of carboxylic acid groups (broad SMARTS) is 1. The summed E-state index contributed by atoms with van der Waals surface area (Å²) in [6.45, 7) is 2.52. The molecule has 0 aromatic heterocycles. The molecule has 0 heterocycles. The molecule has 4 heteroatoms. The first-order valence-corrected chi connectivity index (χ1v) is 7.23. The van der Waals surface area contributed by atoms with Crippen LogP contribution in [0, 0.1) is 6.92 Å². The minimum atomic E-state index is -0.979. The Morgan fingerprint density at radius 3 is 2.62 bits per heavy atom. The summed E-state index contributed by atoms with van der Waals surface area (Å²) in [4.78, 5) is 10.6. The summed E-state index contributed by atoms with van der Waals surface area (Å²) < 4.78 is 6.55. The summed E-state index contributed by atoms with van der Waals surface area (Å²) in [6, 6.07) is 13.6. The predicted molar refractivity (Wildman–Crippen MR) is 86.3 cm³/mol. The lowest BCUT2D eigenvalue weighted by Gasteiger charge is -2.08. The van der Waals surface area contributed by atoms with Crippen molar-refractivity contribution >= 4 is 28.0 Å². The van der Waals surface area contributed by atoms with Crippen LogP contribution < -0.4 is 4.74 Å². The van der Waals surface area contributed by atoms with Gasteiger partial charge in [-0.2, -0.15) is 0 Å². The second kappa shape index (κ2) is 7.09. The van der Waals surface area contributed by atoms with Crippen molar-refractivity contribution < 1.29 is 14.6 Å². The standard InChI is InChI=1S/C17H15BrO3/c1-12-2-4-13(5-3-12)11-21-15-7-8-16(18)14(10-15)6-9-17(19)20/h2-10H,11H2,1H3,(H,19,20)/b9-6+. The molecule has 0 atom stereocenters. The third-order valence-electron chi connectivity index (χ3n) is 2.90. The quantitative estimate of drug-likeness (QED) is 0.814. The van der Waals surface area contributed by atoms with Crippen molar-refractivity contribution in [2.24, 2.45) is 0 Å². The Morgan fingerprint density at radius 2 is 1.95 bits per heavy atom. The fourth-order valence-electron chi connectivity index (χ4n) is 1.75. The SMILES string of the molecule is Cc1ccc(COc2ccc(Br)c(/C=C/C(=O)O)c2)cc1. The molecule has 0 aliphatic rings. The number of hydrogen-bond donors (Lipinski definition) is 1. The van der Waals surface area contributed by atoms with E-state index in [1.807, 2.05) is 43.3 Å². The van der Waals surface area contributed by atoms with Crippen molar-refractivity contribution in [3.8, 4) is 5.75 Å². The Balaban J connectivity index is 2.08. The molecule has 0 saturated carbocycles. The highest BCUT2D eigenvalue weighted by molar-refractivity contribution is 9.10. The van der Waals surface area contributed by atoms with Crippen molar-refractivity contribution in [1.82, 2.24) is 0 Å². The number of hydrogen-bond acceptors (Lipinski definition) is 2. The van der Waals surface area contributed by atoms with Gasteiger partial charge >= 0.3 is 5.97 Å². The number of carboxylic acids is 1. The van der Waals surface area contributed by atoms with Crippen molar-refractivity contribution in [3.63, 3.8) is 0 Å². The molecule has 2 rings (SSSR count). The van der Waals surface area contributed by atoms with Gasteiger partial charge in [-0.25, -0.2) is 4.79 Å². The monoisotopic (exact) mass is 346 g/mol. The molecule has 0 radical (unpaired) electrons. The van der Waals surface area contributed by atoms with E-state index in [1.165, 1.54) is 11.6 Å². The molecule has 0 saturated heterocycles. The summed E-state index contributed by atoms with van der Waals surface area (Å²) in [7, 11) is 0. The van der Waals surface area contributed by atoms with Gasteiger partial charge in [-0.05, 0) is 42.3 Å².